The van der Waals surface area contributed by atoms with Gasteiger partial charge in [0.05, 0.1) is 4.90 Å². The van der Waals surface area contributed by atoms with Crippen LogP contribution in [0, 0.1) is 0 Å². The Morgan fingerprint density at radius 2 is 1.95 bits per heavy atom. The molecule has 6 heteroatoms. The van der Waals surface area contributed by atoms with Crippen molar-refractivity contribution in [2.75, 3.05) is 13.6 Å². The van der Waals surface area contributed by atoms with Gasteiger partial charge in [0.2, 0.25) is 10.0 Å². The van der Waals surface area contributed by atoms with Gasteiger partial charge in [0.25, 0.3) is 0 Å². The number of hydrogen-bond acceptors (Lipinski definition) is 3. The number of aryl methyl sites for hydroxylation is 1. The highest BCUT2D eigenvalue weighted by Gasteiger charge is 2.17. The molecule has 116 valence electrons. The Balaban J connectivity index is 2.80. The van der Waals surface area contributed by atoms with Crippen LogP contribution in [0.5, 0.6) is 0 Å². The number of hydrogen-bond donors (Lipinski definition) is 2. The van der Waals surface area contributed by atoms with E-state index in [0.29, 0.717) is 18.0 Å². The monoisotopic (exact) mass is 301 g/mol. The Hall–Kier alpha value is -0.850. The third kappa shape index (κ3) is 4.92. The third-order valence-electron chi connectivity index (χ3n) is 3.17. The van der Waals surface area contributed by atoms with Crippen LogP contribution in [0.1, 0.15) is 45.2 Å². The summed E-state index contributed by atoms with van der Waals surface area (Å²) >= 11 is 0. The van der Waals surface area contributed by atoms with Crippen molar-refractivity contribution in [1.82, 2.24) is 14.6 Å². The zero-order chi connectivity index (χ0) is 15.0. The number of unbranched alkanes of at least 4 members (excludes halogenated alkanes) is 2. The van der Waals surface area contributed by atoms with Crippen molar-refractivity contribution in [2.45, 2.75) is 57.5 Å². The van der Waals surface area contributed by atoms with E-state index in [9.17, 15) is 8.42 Å². The minimum atomic E-state index is -3.38. The van der Waals surface area contributed by atoms with Crippen LogP contribution in [-0.2, 0) is 23.1 Å². The molecule has 0 aliphatic heterocycles. The average molecular weight is 301 g/mol. The third-order valence-corrected chi connectivity index (χ3v) is 4.59. The van der Waals surface area contributed by atoms with E-state index in [4.69, 9.17) is 0 Å². The number of nitrogens with one attached hydrogen (secondary N) is 2. The fourth-order valence-electron chi connectivity index (χ4n) is 2.12. The predicted molar refractivity (Wildman–Crippen MR) is 82.2 cm³/mol. The quantitative estimate of drug-likeness (QED) is 0.650. The molecule has 0 unspecified atom stereocenters. The van der Waals surface area contributed by atoms with Gasteiger partial charge in [-0.3, -0.25) is 0 Å². The highest BCUT2D eigenvalue weighted by atomic mass is 32.2. The topological polar surface area (TPSA) is 63.1 Å². The van der Waals surface area contributed by atoms with Gasteiger partial charge in [-0.1, -0.05) is 26.7 Å². The van der Waals surface area contributed by atoms with Crippen LogP contribution >= 0.6 is 0 Å². The van der Waals surface area contributed by atoms with Crippen molar-refractivity contribution in [3.63, 3.8) is 0 Å². The lowest BCUT2D eigenvalue weighted by molar-refractivity contribution is 0.575. The Labute approximate surface area is 122 Å². The Morgan fingerprint density at radius 3 is 2.55 bits per heavy atom. The fraction of sp³-hybridized carbons (Fsp3) is 0.714. The lowest BCUT2D eigenvalue weighted by Gasteiger charge is -2.06. The average Bonchev–Trinajstić information content (AvgIpc) is 2.80. The molecule has 5 nitrogen and oxygen atoms in total. The maximum atomic E-state index is 12.2. The second kappa shape index (κ2) is 8.44. The van der Waals surface area contributed by atoms with Crippen molar-refractivity contribution in [1.29, 1.82) is 0 Å². The number of sulfonamides is 1. The molecule has 0 saturated carbocycles. The smallest absolute Gasteiger partial charge is 0.242 e. The Kier molecular flexibility index (Phi) is 7.26. The molecule has 0 aromatic carbocycles. The lowest BCUT2D eigenvalue weighted by Crippen LogP contribution is -2.24. The van der Waals surface area contributed by atoms with Gasteiger partial charge in [0.1, 0.15) is 0 Å². The first-order valence-corrected chi connectivity index (χ1v) is 8.86. The van der Waals surface area contributed by atoms with E-state index in [1.165, 1.54) is 0 Å². The molecule has 1 rings (SSSR count). The summed E-state index contributed by atoms with van der Waals surface area (Å²) < 4.78 is 29.1. The standard InChI is InChI=1S/C14H27N3O2S/c1-4-6-7-8-16-20(18,19)14-10-13(11-15-3)17(12-14)9-5-2/h10,12,15-16H,4-9,11H2,1-3H3. The van der Waals surface area contributed by atoms with Crippen LogP contribution in [-0.4, -0.2) is 26.6 Å². The van der Waals surface area contributed by atoms with Gasteiger partial charge in [-0.05, 0) is 26.0 Å². The zero-order valence-electron chi connectivity index (χ0n) is 12.8. The maximum absolute atomic E-state index is 12.2. The summed E-state index contributed by atoms with van der Waals surface area (Å²) in [6.45, 7) is 6.20. The minimum absolute atomic E-state index is 0.368. The first kappa shape index (κ1) is 17.2. The van der Waals surface area contributed by atoms with E-state index in [0.717, 1.165) is 37.9 Å². The molecule has 0 radical (unpaired) electrons. The van der Waals surface area contributed by atoms with E-state index in [1.54, 1.807) is 12.3 Å². The summed E-state index contributed by atoms with van der Waals surface area (Å²) in [5.74, 6) is 0. The molecular weight excluding hydrogens is 274 g/mol. The first-order valence-electron chi connectivity index (χ1n) is 7.38. The van der Waals surface area contributed by atoms with Crippen molar-refractivity contribution in [3.8, 4) is 0 Å². The molecule has 20 heavy (non-hydrogen) atoms. The van der Waals surface area contributed by atoms with Crippen molar-refractivity contribution < 1.29 is 8.42 Å². The summed E-state index contributed by atoms with van der Waals surface area (Å²) in [6.07, 6.45) is 5.73. The highest BCUT2D eigenvalue weighted by Crippen LogP contribution is 2.15. The predicted octanol–water partition coefficient (Wildman–Crippen LogP) is 2.09. The molecule has 0 aliphatic carbocycles. The van der Waals surface area contributed by atoms with Gasteiger partial charge in [0.15, 0.2) is 0 Å². The number of nitrogens with zero attached hydrogens (tertiary/aromatic N) is 1. The van der Waals surface area contributed by atoms with Gasteiger partial charge in [-0.25, -0.2) is 13.1 Å². The molecule has 0 amide bonds. The molecule has 0 fully saturated rings. The highest BCUT2D eigenvalue weighted by molar-refractivity contribution is 7.89. The van der Waals surface area contributed by atoms with Crippen LogP contribution in [0.25, 0.3) is 0 Å². The maximum Gasteiger partial charge on any atom is 0.242 e. The minimum Gasteiger partial charge on any atom is -0.349 e. The SMILES string of the molecule is CCCCCNS(=O)(=O)c1cc(CNC)n(CCC)c1. The van der Waals surface area contributed by atoms with Crippen LogP contribution < -0.4 is 10.0 Å². The van der Waals surface area contributed by atoms with Crippen LogP contribution in [0.15, 0.2) is 17.2 Å². The van der Waals surface area contributed by atoms with Crippen molar-refractivity contribution in [3.05, 3.63) is 18.0 Å². The molecule has 0 spiro atoms. The molecular formula is C14H27N3O2S. The van der Waals surface area contributed by atoms with E-state index >= 15 is 0 Å². The number of aromatic nitrogens is 1. The van der Waals surface area contributed by atoms with E-state index < -0.39 is 10.0 Å². The Morgan fingerprint density at radius 1 is 1.20 bits per heavy atom. The summed E-state index contributed by atoms with van der Waals surface area (Å²) in [5.41, 5.74) is 1.00. The van der Waals surface area contributed by atoms with Crippen LogP contribution in [0.4, 0.5) is 0 Å². The molecule has 0 saturated heterocycles. The normalized spacial score (nSPS) is 11.9. The first-order chi connectivity index (χ1) is 9.55. The lowest BCUT2D eigenvalue weighted by atomic mass is 10.3. The largest absolute Gasteiger partial charge is 0.349 e. The summed E-state index contributed by atoms with van der Waals surface area (Å²) in [7, 11) is -1.52. The second-order valence-electron chi connectivity index (χ2n) is 5.00. The molecule has 0 bridgehead atoms. The number of rotatable bonds is 10. The molecule has 0 atom stereocenters. The summed E-state index contributed by atoms with van der Waals surface area (Å²) in [6, 6.07) is 1.76. The van der Waals surface area contributed by atoms with E-state index in [1.807, 2.05) is 11.6 Å². The van der Waals surface area contributed by atoms with Crippen LogP contribution in [0.2, 0.25) is 0 Å². The van der Waals surface area contributed by atoms with E-state index in [2.05, 4.69) is 23.9 Å². The molecule has 1 aromatic rings. The Bertz CT molecular complexity index is 471. The van der Waals surface area contributed by atoms with Gasteiger partial charge in [-0.15, -0.1) is 0 Å². The van der Waals surface area contributed by atoms with Gasteiger partial charge in [-0.2, -0.15) is 0 Å². The van der Waals surface area contributed by atoms with Crippen LogP contribution in [0.3, 0.4) is 0 Å². The van der Waals surface area contributed by atoms with E-state index in [-0.39, 0.29) is 0 Å². The fourth-order valence-corrected chi connectivity index (χ4v) is 3.25. The second-order valence-corrected chi connectivity index (χ2v) is 6.76. The van der Waals surface area contributed by atoms with Gasteiger partial charge >= 0.3 is 0 Å². The molecule has 2 N–H and O–H groups in total. The van der Waals surface area contributed by atoms with Gasteiger partial charge < -0.3 is 9.88 Å². The summed E-state index contributed by atoms with van der Waals surface area (Å²) in [5, 5.41) is 3.07. The summed E-state index contributed by atoms with van der Waals surface area (Å²) in [4.78, 5) is 0.368. The molecule has 1 heterocycles. The van der Waals surface area contributed by atoms with Crippen molar-refractivity contribution in [2.24, 2.45) is 0 Å². The molecule has 1 aromatic heterocycles. The molecule has 0 aliphatic rings. The zero-order valence-corrected chi connectivity index (χ0v) is 13.6. The van der Waals surface area contributed by atoms with Crippen molar-refractivity contribution >= 4 is 10.0 Å². The van der Waals surface area contributed by atoms with Gasteiger partial charge in [0, 0.05) is 31.5 Å².